The van der Waals surface area contributed by atoms with Crippen molar-refractivity contribution in [1.29, 1.82) is 0 Å². The van der Waals surface area contributed by atoms with Gasteiger partial charge in [-0.2, -0.15) is 10.2 Å². The van der Waals surface area contributed by atoms with Crippen molar-refractivity contribution in [1.82, 2.24) is 30.2 Å². The number of piperidine rings is 1. The van der Waals surface area contributed by atoms with Crippen LogP contribution in [0.4, 0.5) is 0 Å². The Labute approximate surface area is 148 Å². The highest BCUT2D eigenvalue weighted by molar-refractivity contribution is 5.92. The van der Waals surface area contributed by atoms with Crippen LogP contribution in [0.3, 0.4) is 0 Å². The third-order valence-electron chi connectivity index (χ3n) is 4.57. The predicted octanol–water partition coefficient (Wildman–Crippen LogP) is 1.76. The number of aromatic nitrogens is 4. The first kappa shape index (κ1) is 18.5. The predicted molar refractivity (Wildman–Crippen MR) is 94.4 cm³/mol. The van der Waals surface area contributed by atoms with Crippen molar-refractivity contribution in [3.05, 3.63) is 35.4 Å². The molecule has 2 unspecified atom stereocenters. The molecule has 1 amide bonds. The molecule has 2 atom stereocenters. The summed E-state index contributed by atoms with van der Waals surface area (Å²) in [6, 6.07) is 2.02. The zero-order valence-electron chi connectivity index (χ0n) is 14.3. The normalized spacial score (nSPS) is 18.7. The summed E-state index contributed by atoms with van der Waals surface area (Å²) >= 11 is 0. The van der Waals surface area contributed by atoms with E-state index in [1.54, 1.807) is 12.3 Å². The Morgan fingerprint density at radius 1 is 1.50 bits per heavy atom. The molecule has 0 aliphatic carbocycles. The Morgan fingerprint density at radius 2 is 2.29 bits per heavy atom. The van der Waals surface area contributed by atoms with Gasteiger partial charge in [0.05, 0.1) is 18.3 Å². The second kappa shape index (κ2) is 7.81. The van der Waals surface area contributed by atoms with Crippen LogP contribution in [0.25, 0.3) is 0 Å². The highest BCUT2D eigenvalue weighted by Gasteiger charge is 2.20. The zero-order chi connectivity index (χ0) is 16.4. The molecule has 0 aromatic carbocycles. The maximum Gasteiger partial charge on any atom is 0.272 e. The molecule has 132 valence electrons. The van der Waals surface area contributed by atoms with Crippen LogP contribution in [0, 0.1) is 6.92 Å². The highest BCUT2D eigenvalue weighted by atomic mass is 35.5. The van der Waals surface area contributed by atoms with Gasteiger partial charge in [-0.15, -0.1) is 12.4 Å². The topological polar surface area (TPSA) is 76.8 Å². The Bertz CT molecular complexity index is 689. The van der Waals surface area contributed by atoms with Gasteiger partial charge >= 0.3 is 0 Å². The third-order valence-corrected chi connectivity index (χ3v) is 4.57. The van der Waals surface area contributed by atoms with E-state index in [4.69, 9.17) is 0 Å². The number of hydrogen-bond acceptors (Lipinski definition) is 4. The van der Waals surface area contributed by atoms with Gasteiger partial charge in [-0.3, -0.25) is 14.2 Å². The van der Waals surface area contributed by atoms with Gasteiger partial charge in [-0.05, 0) is 39.3 Å². The molecule has 1 aliphatic rings. The van der Waals surface area contributed by atoms with E-state index < -0.39 is 0 Å². The fourth-order valence-corrected chi connectivity index (χ4v) is 3.01. The van der Waals surface area contributed by atoms with E-state index in [2.05, 4.69) is 20.8 Å². The summed E-state index contributed by atoms with van der Waals surface area (Å²) in [5.41, 5.74) is 2.54. The Hall–Kier alpha value is -1.86. The van der Waals surface area contributed by atoms with Crippen molar-refractivity contribution in [2.24, 2.45) is 7.05 Å². The summed E-state index contributed by atoms with van der Waals surface area (Å²) < 4.78 is 3.71. The number of carbonyl (C=O) groups excluding carboxylic acids is 1. The molecule has 0 radical (unpaired) electrons. The van der Waals surface area contributed by atoms with Gasteiger partial charge in [0.1, 0.15) is 5.69 Å². The molecule has 7 nitrogen and oxygen atoms in total. The third kappa shape index (κ3) is 3.79. The maximum absolute atomic E-state index is 12.4. The van der Waals surface area contributed by atoms with Crippen LogP contribution in [0.5, 0.6) is 0 Å². The second-order valence-corrected chi connectivity index (χ2v) is 6.19. The molecule has 2 N–H and O–H groups in total. The number of halogens is 1. The van der Waals surface area contributed by atoms with Gasteiger partial charge in [0.2, 0.25) is 0 Å². The molecule has 2 aromatic rings. The molecular weight excluding hydrogens is 328 g/mol. The molecule has 2 aromatic heterocycles. The van der Waals surface area contributed by atoms with Crippen LogP contribution in [-0.4, -0.2) is 38.6 Å². The number of hydrogen-bond donors (Lipinski definition) is 2. The van der Waals surface area contributed by atoms with E-state index in [9.17, 15) is 4.79 Å². The average molecular weight is 353 g/mol. The molecule has 0 spiro atoms. The number of amides is 1. The number of nitrogens with one attached hydrogen (secondary N) is 2. The van der Waals surface area contributed by atoms with Crippen LogP contribution < -0.4 is 10.6 Å². The molecule has 1 aliphatic heterocycles. The summed E-state index contributed by atoms with van der Waals surface area (Å²) in [7, 11) is 1.90. The zero-order valence-corrected chi connectivity index (χ0v) is 15.1. The molecule has 0 bridgehead atoms. The number of aryl methyl sites for hydroxylation is 1. The fourth-order valence-electron chi connectivity index (χ4n) is 3.01. The lowest BCUT2D eigenvalue weighted by atomic mass is 10.1. The van der Waals surface area contributed by atoms with Crippen molar-refractivity contribution in [2.75, 3.05) is 13.1 Å². The average Bonchev–Trinajstić information content (AvgIpc) is 3.16. The Morgan fingerprint density at radius 3 is 2.92 bits per heavy atom. The monoisotopic (exact) mass is 352 g/mol. The van der Waals surface area contributed by atoms with Crippen LogP contribution in [-0.2, 0) is 7.05 Å². The van der Waals surface area contributed by atoms with Gasteiger partial charge in [-0.25, -0.2) is 0 Å². The minimum atomic E-state index is -0.150. The van der Waals surface area contributed by atoms with Crippen molar-refractivity contribution in [2.45, 2.75) is 38.8 Å². The lowest BCUT2D eigenvalue weighted by molar-refractivity contribution is 0.0933. The largest absolute Gasteiger partial charge is 0.344 e. The van der Waals surface area contributed by atoms with Crippen LogP contribution in [0.1, 0.15) is 53.6 Å². The van der Waals surface area contributed by atoms with E-state index >= 15 is 0 Å². The van der Waals surface area contributed by atoms with Gasteiger partial charge < -0.3 is 10.6 Å². The minimum Gasteiger partial charge on any atom is -0.344 e. The van der Waals surface area contributed by atoms with Crippen LogP contribution in [0.15, 0.2) is 18.5 Å². The van der Waals surface area contributed by atoms with Gasteiger partial charge in [0.25, 0.3) is 5.91 Å². The van der Waals surface area contributed by atoms with Crippen molar-refractivity contribution < 1.29 is 4.79 Å². The SMILES string of the molecule is Cc1c(C(C)NC(=O)c2ccn(C3CCCNC3)n2)cnn1C.Cl. The summed E-state index contributed by atoms with van der Waals surface area (Å²) in [6.07, 6.45) is 5.93. The summed E-state index contributed by atoms with van der Waals surface area (Å²) in [5, 5.41) is 15.0. The summed E-state index contributed by atoms with van der Waals surface area (Å²) in [5.74, 6) is -0.150. The van der Waals surface area contributed by atoms with E-state index in [1.807, 2.05) is 36.5 Å². The molecule has 8 heteroatoms. The van der Waals surface area contributed by atoms with Crippen molar-refractivity contribution >= 4 is 18.3 Å². The first-order valence-electron chi connectivity index (χ1n) is 8.11. The molecule has 3 rings (SSSR count). The van der Waals surface area contributed by atoms with Gasteiger partial charge in [0.15, 0.2) is 0 Å². The van der Waals surface area contributed by atoms with E-state index in [1.165, 1.54) is 0 Å². The molecule has 3 heterocycles. The van der Waals surface area contributed by atoms with Crippen LogP contribution >= 0.6 is 12.4 Å². The standard InChI is InChI=1S/C16H24N6O.ClH/c1-11(14-10-18-21(3)12(14)2)19-16(23)15-6-8-22(20-15)13-5-4-7-17-9-13;/h6,8,10-11,13,17H,4-5,7,9H2,1-3H3,(H,19,23);1H. The number of carbonyl (C=O) groups is 1. The minimum absolute atomic E-state index is 0. The smallest absolute Gasteiger partial charge is 0.272 e. The van der Waals surface area contributed by atoms with Gasteiger partial charge in [0, 0.05) is 31.0 Å². The molecule has 1 fully saturated rings. The van der Waals surface area contributed by atoms with Crippen LogP contribution in [0.2, 0.25) is 0 Å². The maximum atomic E-state index is 12.4. The lowest BCUT2D eigenvalue weighted by Crippen LogP contribution is -2.32. The molecule has 0 saturated carbocycles. The summed E-state index contributed by atoms with van der Waals surface area (Å²) in [6.45, 7) is 5.93. The molecular formula is C16H25ClN6O. The number of nitrogens with zero attached hydrogens (tertiary/aromatic N) is 4. The fraction of sp³-hybridized carbons (Fsp3) is 0.562. The van der Waals surface area contributed by atoms with Crippen molar-refractivity contribution in [3.63, 3.8) is 0 Å². The van der Waals surface area contributed by atoms with Gasteiger partial charge in [-0.1, -0.05) is 0 Å². The van der Waals surface area contributed by atoms with E-state index in [0.29, 0.717) is 11.7 Å². The highest BCUT2D eigenvalue weighted by Crippen LogP contribution is 2.18. The summed E-state index contributed by atoms with van der Waals surface area (Å²) in [4.78, 5) is 12.4. The molecule has 24 heavy (non-hydrogen) atoms. The Kier molecular flexibility index (Phi) is 6.01. The molecule has 1 saturated heterocycles. The first-order valence-corrected chi connectivity index (χ1v) is 8.11. The van der Waals surface area contributed by atoms with E-state index in [-0.39, 0.29) is 24.4 Å². The Balaban J connectivity index is 0.00000208. The van der Waals surface area contributed by atoms with Crippen molar-refractivity contribution in [3.8, 4) is 0 Å². The lowest BCUT2D eigenvalue weighted by Gasteiger charge is -2.22. The second-order valence-electron chi connectivity index (χ2n) is 6.19. The van der Waals surface area contributed by atoms with E-state index in [0.717, 1.165) is 37.2 Å². The number of rotatable bonds is 4. The quantitative estimate of drug-likeness (QED) is 0.879. The first-order chi connectivity index (χ1) is 11.1.